The van der Waals surface area contributed by atoms with E-state index in [1.165, 1.54) is 0 Å². The molecule has 1 unspecified atom stereocenters. The molecule has 0 fully saturated rings. The van der Waals surface area contributed by atoms with Gasteiger partial charge in [0.25, 0.3) is 0 Å². The highest BCUT2D eigenvalue weighted by Gasteiger charge is 2.46. The Morgan fingerprint density at radius 2 is 1.83 bits per heavy atom. The fraction of sp³-hybridized carbons (Fsp3) is 0.923. The van der Waals surface area contributed by atoms with Crippen LogP contribution in [-0.2, 0) is 9.53 Å². The van der Waals surface area contributed by atoms with E-state index in [4.69, 9.17) is 0 Å². The number of carbonyl (C=O) groups excluding carboxylic acids is 1. The lowest BCUT2D eigenvalue weighted by Crippen LogP contribution is -2.38. The smallest absolute Gasteiger partial charge is 0.376 e. The molecule has 0 saturated heterocycles. The summed E-state index contributed by atoms with van der Waals surface area (Å²) in [5.41, 5.74) is 0. The lowest BCUT2D eigenvalue weighted by atomic mass is 9.92. The fourth-order valence-corrected chi connectivity index (χ4v) is 2.74. The summed E-state index contributed by atoms with van der Waals surface area (Å²) < 4.78 is 30.8. The maximum Gasteiger partial charge on any atom is 0.376 e. The van der Waals surface area contributed by atoms with Crippen LogP contribution in [0.15, 0.2) is 0 Å². The average Bonchev–Trinajstić information content (AvgIpc) is 2.33. The van der Waals surface area contributed by atoms with Gasteiger partial charge in [-0.05, 0) is 12.8 Å². The van der Waals surface area contributed by atoms with Gasteiger partial charge in [-0.25, -0.2) is 4.79 Å². The van der Waals surface area contributed by atoms with Gasteiger partial charge in [-0.1, -0.05) is 62.1 Å². The molecule has 0 aromatic rings. The van der Waals surface area contributed by atoms with Gasteiger partial charge < -0.3 is 4.74 Å². The van der Waals surface area contributed by atoms with E-state index in [1.807, 2.05) is 6.92 Å². The first-order chi connectivity index (χ1) is 8.31. The summed E-state index contributed by atoms with van der Waals surface area (Å²) in [5, 5.41) is 0. The molecule has 5 heteroatoms. The zero-order chi connectivity index (χ0) is 14.2. The van der Waals surface area contributed by atoms with Gasteiger partial charge >= 0.3 is 11.9 Å². The maximum atomic E-state index is 13.6. The average molecular weight is 376 g/mol. The zero-order valence-corrected chi connectivity index (χ0v) is 13.6. The Morgan fingerprint density at radius 1 is 1.22 bits per heavy atom. The van der Waals surface area contributed by atoms with Crippen molar-refractivity contribution in [2.24, 2.45) is 0 Å². The summed E-state index contributed by atoms with van der Waals surface area (Å²) in [5.74, 6) is -4.80. The number of hydrogen-bond acceptors (Lipinski definition) is 2. The van der Waals surface area contributed by atoms with Gasteiger partial charge in [0.15, 0.2) is 0 Å². The normalized spacial score (nSPS) is 15.2. The molecule has 0 aliphatic rings. The van der Waals surface area contributed by atoms with Crippen LogP contribution in [-0.4, -0.2) is 22.4 Å². The summed E-state index contributed by atoms with van der Waals surface area (Å²) in [6, 6.07) is 0. The number of unbranched alkanes of at least 4 members (excludes halogenated alkanes) is 3. The minimum absolute atomic E-state index is 0.435. The van der Waals surface area contributed by atoms with Crippen LogP contribution in [0.25, 0.3) is 0 Å². The minimum Gasteiger partial charge on any atom is -0.465 e. The quantitative estimate of drug-likeness (QED) is 0.252. The van der Waals surface area contributed by atoms with Crippen molar-refractivity contribution in [2.45, 2.75) is 68.1 Å². The number of halogens is 3. The molecule has 0 spiro atoms. The van der Waals surface area contributed by atoms with Crippen molar-refractivity contribution in [3.63, 3.8) is 0 Å². The van der Waals surface area contributed by atoms with Gasteiger partial charge in [-0.15, -0.1) is 0 Å². The SMILES string of the molecule is CCCCCCC(I)(CC)CC(F)(F)C(=O)OC. The van der Waals surface area contributed by atoms with Crippen molar-refractivity contribution in [2.75, 3.05) is 7.11 Å². The molecule has 0 saturated carbocycles. The van der Waals surface area contributed by atoms with Crippen molar-refractivity contribution in [3.05, 3.63) is 0 Å². The van der Waals surface area contributed by atoms with E-state index < -0.39 is 21.7 Å². The third-order valence-electron chi connectivity index (χ3n) is 3.13. The molecule has 18 heavy (non-hydrogen) atoms. The molecule has 0 N–H and O–H groups in total. The number of esters is 1. The van der Waals surface area contributed by atoms with Crippen molar-refractivity contribution in [1.82, 2.24) is 0 Å². The fourth-order valence-electron chi connectivity index (χ4n) is 1.88. The van der Waals surface area contributed by atoms with Crippen LogP contribution in [0.2, 0.25) is 0 Å². The molecule has 0 aliphatic carbocycles. The van der Waals surface area contributed by atoms with Crippen LogP contribution in [0.5, 0.6) is 0 Å². The Labute approximate surface area is 122 Å². The van der Waals surface area contributed by atoms with E-state index in [0.29, 0.717) is 6.42 Å². The number of alkyl halides is 3. The number of hydrogen-bond donors (Lipinski definition) is 0. The largest absolute Gasteiger partial charge is 0.465 e. The summed E-state index contributed by atoms with van der Waals surface area (Å²) in [7, 11) is 0.998. The van der Waals surface area contributed by atoms with Crippen molar-refractivity contribution < 1.29 is 18.3 Å². The summed E-state index contributed by atoms with van der Waals surface area (Å²) in [4.78, 5) is 11.0. The van der Waals surface area contributed by atoms with Gasteiger partial charge in [0.2, 0.25) is 0 Å². The molecule has 0 aromatic heterocycles. The van der Waals surface area contributed by atoms with E-state index in [0.717, 1.165) is 39.2 Å². The van der Waals surface area contributed by atoms with Gasteiger partial charge in [0.05, 0.1) is 7.11 Å². The van der Waals surface area contributed by atoms with E-state index in [2.05, 4.69) is 34.3 Å². The molecule has 0 rings (SSSR count). The second-order valence-electron chi connectivity index (χ2n) is 4.69. The molecule has 0 radical (unpaired) electrons. The number of ether oxygens (including phenoxy) is 1. The molecular weight excluding hydrogens is 353 g/mol. The Hall–Kier alpha value is 0.0600. The van der Waals surface area contributed by atoms with Crippen molar-refractivity contribution in [1.29, 1.82) is 0 Å². The Balaban J connectivity index is 4.41. The van der Waals surface area contributed by atoms with Crippen molar-refractivity contribution >= 4 is 28.6 Å². The third-order valence-corrected chi connectivity index (χ3v) is 4.82. The third kappa shape index (κ3) is 6.29. The Morgan fingerprint density at radius 3 is 2.28 bits per heavy atom. The first-order valence-corrected chi connectivity index (χ1v) is 7.54. The van der Waals surface area contributed by atoms with E-state index in [1.54, 1.807) is 0 Å². The predicted molar refractivity (Wildman–Crippen MR) is 77.4 cm³/mol. The number of methoxy groups -OCH3 is 1. The van der Waals surface area contributed by atoms with Crippen LogP contribution in [0, 0.1) is 0 Å². The Bertz CT molecular complexity index is 259. The molecule has 0 heterocycles. The number of carbonyl (C=O) groups is 1. The Kier molecular flexibility index (Phi) is 8.30. The monoisotopic (exact) mass is 376 g/mol. The van der Waals surface area contributed by atoms with Crippen LogP contribution in [0.1, 0.15) is 58.8 Å². The first kappa shape index (κ1) is 18.1. The van der Waals surface area contributed by atoms with Crippen LogP contribution in [0.3, 0.4) is 0 Å². The molecule has 0 aliphatic heterocycles. The molecular formula is C13H23F2IO2. The molecule has 0 amide bonds. The van der Waals surface area contributed by atoms with Gasteiger partial charge in [0, 0.05) is 9.84 Å². The van der Waals surface area contributed by atoms with Crippen molar-refractivity contribution in [3.8, 4) is 0 Å². The zero-order valence-electron chi connectivity index (χ0n) is 11.4. The highest BCUT2D eigenvalue weighted by molar-refractivity contribution is 14.1. The number of rotatable bonds is 9. The summed E-state index contributed by atoms with van der Waals surface area (Å²) in [6.45, 7) is 4.00. The predicted octanol–water partition coefficient (Wildman–Crippen LogP) is 4.74. The molecule has 0 aromatic carbocycles. The van der Waals surface area contributed by atoms with E-state index >= 15 is 0 Å². The van der Waals surface area contributed by atoms with E-state index in [9.17, 15) is 13.6 Å². The molecule has 108 valence electrons. The van der Waals surface area contributed by atoms with E-state index in [-0.39, 0.29) is 0 Å². The van der Waals surface area contributed by atoms with Crippen LogP contribution in [0.4, 0.5) is 8.78 Å². The molecule has 0 bridgehead atoms. The highest BCUT2D eigenvalue weighted by atomic mass is 127. The lowest BCUT2D eigenvalue weighted by molar-refractivity contribution is -0.170. The second kappa shape index (κ2) is 8.27. The van der Waals surface area contributed by atoms with Crippen LogP contribution < -0.4 is 0 Å². The maximum absolute atomic E-state index is 13.6. The van der Waals surface area contributed by atoms with Crippen LogP contribution >= 0.6 is 22.6 Å². The summed E-state index contributed by atoms with van der Waals surface area (Å²) in [6.07, 6.45) is 5.16. The minimum atomic E-state index is -3.38. The molecule has 1 atom stereocenters. The topological polar surface area (TPSA) is 26.3 Å². The standard InChI is InChI=1S/C13H23F2IO2/c1-4-6-7-8-9-12(16,5-2)10-13(14,15)11(17)18-3/h4-10H2,1-3H3. The van der Waals surface area contributed by atoms with Gasteiger partial charge in [0.1, 0.15) is 0 Å². The first-order valence-electron chi connectivity index (χ1n) is 6.46. The summed E-state index contributed by atoms with van der Waals surface area (Å²) >= 11 is 2.08. The lowest BCUT2D eigenvalue weighted by Gasteiger charge is -2.29. The van der Waals surface area contributed by atoms with Gasteiger partial charge in [-0.3, -0.25) is 0 Å². The second-order valence-corrected chi connectivity index (χ2v) is 6.98. The van der Waals surface area contributed by atoms with Gasteiger partial charge in [-0.2, -0.15) is 8.78 Å². The molecule has 2 nitrogen and oxygen atoms in total. The highest BCUT2D eigenvalue weighted by Crippen LogP contribution is 2.40.